The van der Waals surface area contributed by atoms with Gasteiger partial charge in [0.05, 0.1) is 6.61 Å². The summed E-state index contributed by atoms with van der Waals surface area (Å²) in [5.74, 6) is 0. The van der Waals surface area contributed by atoms with Crippen LogP contribution >= 0.6 is 0 Å². The molecular weight excluding hydrogens is 196 g/mol. The summed E-state index contributed by atoms with van der Waals surface area (Å²) in [7, 11) is 0. The molecule has 1 heterocycles. The lowest BCUT2D eigenvalue weighted by atomic mass is 10.1. The molecule has 1 rings (SSSR count). The van der Waals surface area contributed by atoms with Gasteiger partial charge < -0.3 is 9.47 Å². The summed E-state index contributed by atoms with van der Waals surface area (Å²) in [4.78, 5) is 11.3. The average molecular weight is 216 g/mol. The van der Waals surface area contributed by atoms with Crippen molar-refractivity contribution in [3.8, 4) is 0 Å². The molecule has 2 N–H and O–H groups in total. The molecule has 0 aromatic carbocycles. The van der Waals surface area contributed by atoms with Gasteiger partial charge in [0.2, 0.25) is 0 Å². The highest BCUT2D eigenvalue weighted by molar-refractivity contribution is 5.67. The van der Waals surface area contributed by atoms with Crippen molar-refractivity contribution >= 4 is 6.09 Å². The Kier molecular flexibility index (Phi) is 4.35. The third-order valence-corrected chi connectivity index (χ3v) is 1.94. The Balaban J connectivity index is 2.15. The van der Waals surface area contributed by atoms with Gasteiger partial charge in [0.15, 0.2) is 0 Å². The first-order valence-corrected chi connectivity index (χ1v) is 5.29. The fourth-order valence-corrected chi connectivity index (χ4v) is 1.32. The van der Waals surface area contributed by atoms with Crippen LogP contribution in [-0.2, 0) is 9.47 Å². The number of hydrazine groups is 1. The van der Waals surface area contributed by atoms with Gasteiger partial charge in [-0.15, -0.1) is 0 Å². The van der Waals surface area contributed by atoms with Crippen molar-refractivity contribution in [2.75, 3.05) is 13.2 Å². The van der Waals surface area contributed by atoms with Gasteiger partial charge in [-0.05, 0) is 33.6 Å². The van der Waals surface area contributed by atoms with Gasteiger partial charge in [0, 0.05) is 12.6 Å². The van der Waals surface area contributed by atoms with Crippen LogP contribution < -0.4 is 10.9 Å². The van der Waals surface area contributed by atoms with Crippen LogP contribution in [0.2, 0.25) is 0 Å². The van der Waals surface area contributed by atoms with Crippen LogP contribution in [0.5, 0.6) is 0 Å². The van der Waals surface area contributed by atoms with Gasteiger partial charge in [-0.2, -0.15) is 0 Å². The number of carbonyl (C=O) groups is 1. The van der Waals surface area contributed by atoms with Crippen LogP contribution in [0.25, 0.3) is 0 Å². The molecule has 0 saturated carbocycles. The van der Waals surface area contributed by atoms with E-state index in [1.165, 1.54) is 0 Å². The molecule has 1 fully saturated rings. The molecule has 1 amide bonds. The topological polar surface area (TPSA) is 59.6 Å². The number of carbonyl (C=O) groups excluding carboxylic acids is 1. The van der Waals surface area contributed by atoms with Crippen molar-refractivity contribution in [2.24, 2.45) is 0 Å². The summed E-state index contributed by atoms with van der Waals surface area (Å²) in [6.45, 7) is 6.93. The van der Waals surface area contributed by atoms with E-state index < -0.39 is 11.7 Å². The lowest BCUT2D eigenvalue weighted by Gasteiger charge is -2.25. The highest BCUT2D eigenvalue weighted by Crippen LogP contribution is 2.07. The molecule has 1 atom stereocenters. The smallest absolute Gasteiger partial charge is 0.422 e. The predicted octanol–water partition coefficient (Wildman–Crippen LogP) is 1.19. The summed E-state index contributed by atoms with van der Waals surface area (Å²) >= 11 is 0. The Bertz CT molecular complexity index is 207. The van der Waals surface area contributed by atoms with Gasteiger partial charge in [0.1, 0.15) is 5.60 Å². The number of nitrogens with one attached hydrogen (secondary N) is 2. The first-order valence-electron chi connectivity index (χ1n) is 5.29. The standard InChI is InChI=1S/C10H20N2O3/c1-10(2,3)15-9(13)12-11-8-5-4-6-14-7-8/h8,11H,4-7H2,1-3H3,(H,12,13). The summed E-state index contributed by atoms with van der Waals surface area (Å²) in [6.07, 6.45) is 1.58. The van der Waals surface area contributed by atoms with Crippen molar-refractivity contribution in [1.82, 2.24) is 10.9 Å². The zero-order chi connectivity index (χ0) is 11.3. The van der Waals surface area contributed by atoms with E-state index in [-0.39, 0.29) is 6.04 Å². The van der Waals surface area contributed by atoms with Crippen LogP contribution in [-0.4, -0.2) is 30.9 Å². The Hall–Kier alpha value is -0.810. The molecule has 0 aromatic heterocycles. The Morgan fingerprint density at radius 1 is 1.47 bits per heavy atom. The lowest BCUT2D eigenvalue weighted by molar-refractivity contribution is 0.0392. The van der Waals surface area contributed by atoms with E-state index in [0.717, 1.165) is 19.4 Å². The number of hydrogen-bond acceptors (Lipinski definition) is 4. The van der Waals surface area contributed by atoms with Gasteiger partial charge in [-0.25, -0.2) is 10.2 Å². The second-order valence-corrected chi connectivity index (χ2v) is 4.69. The molecule has 0 spiro atoms. The van der Waals surface area contributed by atoms with E-state index >= 15 is 0 Å². The van der Waals surface area contributed by atoms with E-state index in [0.29, 0.717) is 6.61 Å². The summed E-state index contributed by atoms with van der Waals surface area (Å²) < 4.78 is 10.3. The SMILES string of the molecule is CC(C)(C)OC(=O)NNC1CCCOC1. The molecule has 5 nitrogen and oxygen atoms in total. The van der Waals surface area contributed by atoms with Crippen molar-refractivity contribution < 1.29 is 14.3 Å². The van der Waals surface area contributed by atoms with Gasteiger partial charge in [-0.3, -0.25) is 5.43 Å². The maximum Gasteiger partial charge on any atom is 0.422 e. The molecule has 15 heavy (non-hydrogen) atoms. The molecule has 0 aliphatic carbocycles. The van der Waals surface area contributed by atoms with Crippen LogP contribution in [0, 0.1) is 0 Å². The predicted molar refractivity (Wildman–Crippen MR) is 56.3 cm³/mol. The fourth-order valence-electron chi connectivity index (χ4n) is 1.32. The zero-order valence-electron chi connectivity index (χ0n) is 9.63. The summed E-state index contributed by atoms with van der Waals surface area (Å²) in [5, 5.41) is 0. The molecular formula is C10H20N2O3. The van der Waals surface area contributed by atoms with E-state index in [2.05, 4.69) is 10.9 Å². The minimum absolute atomic E-state index is 0.186. The number of amides is 1. The maximum absolute atomic E-state index is 11.3. The Labute approximate surface area is 90.5 Å². The minimum atomic E-state index is -0.463. The first-order chi connectivity index (χ1) is 6.97. The van der Waals surface area contributed by atoms with Crippen molar-refractivity contribution in [3.05, 3.63) is 0 Å². The molecule has 88 valence electrons. The maximum atomic E-state index is 11.3. The number of hydrogen-bond donors (Lipinski definition) is 2. The third-order valence-electron chi connectivity index (χ3n) is 1.94. The number of ether oxygens (including phenoxy) is 2. The van der Waals surface area contributed by atoms with Gasteiger partial charge in [0.25, 0.3) is 0 Å². The van der Waals surface area contributed by atoms with Crippen molar-refractivity contribution in [3.63, 3.8) is 0 Å². The minimum Gasteiger partial charge on any atom is -0.443 e. The van der Waals surface area contributed by atoms with Gasteiger partial charge in [-0.1, -0.05) is 0 Å². The Morgan fingerprint density at radius 2 is 2.20 bits per heavy atom. The van der Waals surface area contributed by atoms with Crippen LogP contribution in [0.1, 0.15) is 33.6 Å². The molecule has 5 heteroatoms. The fraction of sp³-hybridized carbons (Fsp3) is 0.900. The van der Waals surface area contributed by atoms with Gasteiger partial charge >= 0.3 is 6.09 Å². The molecule has 0 aromatic rings. The van der Waals surface area contributed by atoms with Crippen LogP contribution in [0.15, 0.2) is 0 Å². The number of rotatable bonds is 2. The lowest BCUT2D eigenvalue weighted by Crippen LogP contribution is -2.49. The average Bonchev–Trinajstić information content (AvgIpc) is 2.14. The molecule has 1 unspecified atom stereocenters. The third kappa shape index (κ3) is 5.59. The monoisotopic (exact) mass is 216 g/mol. The normalized spacial score (nSPS) is 22.2. The molecule has 1 saturated heterocycles. The quantitative estimate of drug-likeness (QED) is 0.681. The van der Waals surface area contributed by atoms with Crippen LogP contribution in [0.3, 0.4) is 0 Å². The molecule has 0 bridgehead atoms. The molecule has 1 aliphatic rings. The summed E-state index contributed by atoms with van der Waals surface area (Å²) in [6, 6.07) is 0.186. The Morgan fingerprint density at radius 3 is 2.73 bits per heavy atom. The largest absolute Gasteiger partial charge is 0.443 e. The van der Waals surface area contributed by atoms with E-state index in [4.69, 9.17) is 9.47 Å². The van der Waals surface area contributed by atoms with E-state index in [9.17, 15) is 4.79 Å². The molecule has 1 aliphatic heterocycles. The van der Waals surface area contributed by atoms with Crippen LogP contribution in [0.4, 0.5) is 4.79 Å². The van der Waals surface area contributed by atoms with E-state index in [1.54, 1.807) is 0 Å². The molecule has 0 radical (unpaired) electrons. The van der Waals surface area contributed by atoms with E-state index in [1.807, 2.05) is 20.8 Å². The second kappa shape index (κ2) is 5.32. The van der Waals surface area contributed by atoms with Crippen molar-refractivity contribution in [1.29, 1.82) is 0 Å². The highest BCUT2D eigenvalue weighted by atomic mass is 16.6. The summed E-state index contributed by atoms with van der Waals surface area (Å²) in [5.41, 5.74) is 4.95. The first kappa shape index (κ1) is 12.3. The zero-order valence-corrected chi connectivity index (χ0v) is 9.63. The van der Waals surface area contributed by atoms with Crippen molar-refractivity contribution in [2.45, 2.75) is 45.3 Å². The highest BCUT2D eigenvalue weighted by Gasteiger charge is 2.18. The second-order valence-electron chi connectivity index (χ2n) is 4.69.